The summed E-state index contributed by atoms with van der Waals surface area (Å²) in [5.74, 6) is -0.100. The van der Waals surface area contributed by atoms with E-state index in [9.17, 15) is 4.79 Å². The Hall–Kier alpha value is -3.74. The largest absolute Gasteiger partial charge is 0.422 e. The van der Waals surface area contributed by atoms with Gasteiger partial charge in [0.2, 0.25) is 0 Å². The van der Waals surface area contributed by atoms with E-state index in [1.54, 1.807) is 36.5 Å². The number of hydrogen-bond donors (Lipinski definition) is 2. The molecule has 0 atom stereocenters. The van der Waals surface area contributed by atoms with E-state index in [4.69, 9.17) is 28.6 Å². The monoisotopic (exact) mass is 459 g/mol. The molecule has 0 radical (unpaired) electrons. The molecule has 0 unspecified atom stereocenters. The van der Waals surface area contributed by atoms with Crippen molar-refractivity contribution in [2.45, 2.75) is 0 Å². The molecule has 0 fully saturated rings. The number of fused-ring (bicyclic) bond motifs is 1. The first kappa shape index (κ1) is 21.5. The molecule has 0 aliphatic rings. The maximum Gasteiger partial charge on any atom is 0.343 e. The average Bonchev–Trinajstić information content (AvgIpc) is 2.81. The van der Waals surface area contributed by atoms with Crippen molar-refractivity contribution in [2.75, 3.05) is 5.32 Å². The van der Waals surface area contributed by atoms with Crippen LogP contribution in [0.5, 0.6) is 5.75 Å². The van der Waals surface area contributed by atoms with Crippen LogP contribution in [-0.4, -0.2) is 17.3 Å². The zero-order chi connectivity index (χ0) is 22.3. The van der Waals surface area contributed by atoms with E-state index in [2.05, 4.69) is 15.8 Å². The Morgan fingerprint density at radius 1 is 0.906 bits per heavy atom. The molecule has 0 aromatic heterocycles. The van der Waals surface area contributed by atoms with Gasteiger partial charge in [-0.1, -0.05) is 60.1 Å². The van der Waals surface area contributed by atoms with E-state index < -0.39 is 5.97 Å². The van der Waals surface area contributed by atoms with E-state index >= 15 is 0 Å². The highest BCUT2D eigenvalue weighted by molar-refractivity contribution is 7.80. The predicted octanol–water partition coefficient (Wildman–Crippen LogP) is 6.03. The summed E-state index contributed by atoms with van der Waals surface area (Å²) in [6.07, 6.45) is 1.59. The highest BCUT2D eigenvalue weighted by Gasteiger charge is 2.13. The number of hydrogen-bond acceptors (Lipinski definition) is 4. The van der Waals surface area contributed by atoms with Crippen LogP contribution in [0, 0.1) is 0 Å². The standard InChI is InChI=1S/C25H18ClN3O2S/c26-19-13-10-18(11-14-19)24(30)31-23-15-12-17-6-4-5-9-21(17)22(23)16-27-29-25(32)28-20-7-2-1-3-8-20/h1-16H,(H2,28,29,32)/b27-16-. The molecule has 5 nitrogen and oxygen atoms in total. The number of nitrogens with zero attached hydrogens (tertiary/aromatic N) is 1. The van der Waals surface area contributed by atoms with Crippen molar-refractivity contribution in [3.8, 4) is 5.75 Å². The zero-order valence-electron chi connectivity index (χ0n) is 16.8. The second-order valence-electron chi connectivity index (χ2n) is 6.79. The van der Waals surface area contributed by atoms with Crippen molar-refractivity contribution < 1.29 is 9.53 Å². The lowest BCUT2D eigenvalue weighted by Gasteiger charge is -2.11. The second kappa shape index (κ2) is 10.0. The summed E-state index contributed by atoms with van der Waals surface area (Å²) in [6, 6.07) is 27.5. The summed E-state index contributed by atoms with van der Waals surface area (Å²) in [4.78, 5) is 12.6. The fraction of sp³-hybridized carbons (Fsp3) is 0. The molecule has 0 saturated heterocycles. The van der Waals surface area contributed by atoms with Gasteiger partial charge < -0.3 is 10.1 Å². The predicted molar refractivity (Wildman–Crippen MR) is 134 cm³/mol. The summed E-state index contributed by atoms with van der Waals surface area (Å²) in [6.45, 7) is 0. The normalized spacial score (nSPS) is 10.8. The summed E-state index contributed by atoms with van der Waals surface area (Å²) in [5, 5.41) is 10.1. The van der Waals surface area contributed by atoms with Crippen LogP contribution in [0.1, 0.15) is 15.9 Å². The SMILES string of the molecule is O=C(Oc1ccc2ccccc2c1/C=N\NC(=S)Nc1ccccc1)c1ccc(Cl)cc1. The van der Waals surface area contributed by atoms with Crippen LogP contribution >= 0.6 is 23.8 Å². The van der Waals surface area contributed by atoms with Gasteiger partial charge >= 0.3 is 5.97 Å². The van der Waals surface area contributed by atoms with E-state index in [0.29, 0.717) is 27.0 Å². The van der Waals surface area contributed by atoms with Crippen LogP contribution in [0.4, 0.5) is 5.69 Å². The first-order valence-corrected chi connectivity index (χ1v) is 10.5. The molecule has 0 aliphatic heterocycles. The number of rotatable bonds is 5. The number of carbonyl (C=O) groups excluding carboxylic acids is 1. The molecule has 4 aromatic carbocycles. The quantitative estimate of drug-likeness (QED) is 0.125. The molecular formula is C25H18ClN3O2S. The van der Waals surface area contributed by atoms with E-state index in [-0.39, 0.29) is 0 Å². The number of hydrazone groups is 1. The number of benzene rings is 4. The third kappa shape index (κ3) is 5.29. The Balaban J connectivity index is 1.57. The van der Waals surface area contributed by atoms with Gasteiger partial charge in [0.1, 0.15) is 5.75 Å². The van der Waals surface area contributed by atoms with E-state index in [1.807, 2.05) is 60.7 Å². The van der Waals surface area contributed by atoms with Gasteiger partial charge in [0.25, 0.3) is 0 Å². The van der Waals surface area contributed by atoms with Crippen molar-refractivity contribution in [3.63, 3.8) is 0 Å². The number of ether oxygens (including phenoxy) is 1. The van der Waals surface area contributed by atoms with Gasteiger partial charge in [-0.25, -0.2) is 4.79 Å². The Bertz CT molecular complexity index is 1290. The molecule has 4 rings (SSSR count). The number of carbonyl (C=O) groups is 1. The van der Waals surface area contributed by atoms with Crippen LogP contribution in [-0.2, 0) is 0 Å². The van der Waals surface area contributed by atoms with E-state index in [1.165, 1.54) is 0 Å². The fourth-order valence-electron chi connectivity index (χ4n) is 3.08. The Labute approximate surface area is 195 Å². The van der Waals surface area contributed by atoms with Gasteiger partial charge in [0.15, 0.2) is 5.11 Å². The van der Waals surface area contributed by atoms with Crippen LogP contribution in [0.25, 0.3) is 10.8 Å². The van der Waals surface area contributed by atoms with Crippen molar-refractivity contribution in [1.82, 2.24) is 5.43 Å². The third-order valence-electron chi connectivity index (χ3n) is 4.60. The fourth-order valence-corrected chi connectivity index (χ4v) is 3.38. The minimum Gasteiger partial charge on any atom is -0.422 e. The highest BCUT2D eigenvalue weighted by atomic mass is 35.5. The molecule has 32 heavy (non-hydrogen) atoms. The summed E-state index contributed by atoms with van der Waals surface area (Å²) < 4.78 is 5.68. The number of esters is 1. The van der Waals surface area contributed by atoms with Crippen molar-refractivity contribution in [1.29, 1.82) is 0 Å². The molecule has 0 saturated carbocycles. The van der Waals surface area contributed by atoms with Crippen molar-refractivity contribution in [3.05, 3.63) is 107 Å². The molecule has 4 aromatic rings. The molecular weight excluding hydrogens is 442 g/mol. The van der Waals surface area contributed by atoms with E-state index in [0.717, 1.165) is 16.5 Å². The maximum atomic E-state index is 12.6. The topological polar surface area (TPSA) is 62.7 Å². The third-order valence-corrected chi connectivity index (χ3v) is 5.05. The second-order valence-corrected chi connectivity index (χ2v) is 7.63. The lowest BCUT2D eigenvalue weighted by atomic mass is 10.0. The summed E-state index contributed by atoms with van der Waals surface area (Å²) >= 11 is 11.2. The minimum atomic E-state index is -0.485. The Morgan fingerprint density at radius 2 is 1.62 bits per heavy atom. The molecule has 0 heterocycles. The van der Waals surface area contributed by atoms with Gasteiger partial charge in [-0.3, -0.25) is 5.43 Å². The summed E-state index contributed by atoms with van der Waals surface area (Å²) in [7, 11) is 0. The molecule has 0 amide bonds. The molecule has 158 valence electrons. The van der Waals surface area contributed by atoms with Crippen LogP contribution in [0.15, 0.2) is 96.1 Å². The van der Waals surface area contributed by atoms with Crippen molar-refractivity contribution >= 4 is 57.6 Å². The molecule has 0 spiro atoms. The number of halogens is 1. The maximum absolute atomic E-state index is 12.6. The molecule has 7 heteroatoms. The van der Waals surface area contributed by atoms with Crippen molar-refractivity contribution in [2.24, 2.45) is 5.10 Å². The summed E-state index contributed by atoms with van der Waals surface area (Å²) in [5.41, 5.74) is 4.70. The number of para-hydroxylation sites is 1. The Morgan fingerprint density at radius 3 is 2.41 bits per heavy atom. The average molecular weight is 460 g/mol. The number of thiocarbonyl (C=S) groups is 1. The van der Waals surface area contributed by atoms with Crippen LogP contribution < -0.4 is 15.5 Å². The zero-order valence-corrected chi connectivity index (χ0v) is 18.4. The number of nitrogens with one attached hydrogen (secondary N) is 2. The first-order chi connectivity index (χ1) is 15.6. The lowest BCUT2D eigenvalue weighted by molar-refractivity contribution is 0.0735. The highest BCUT2D eigenvalue weighted by Crippen LogP contribution is 2.27. The molecule has 0 aliphatic carbocycles. The lowest BCUT2D eigenvalue weighted by Crippen LogP contribution is -2.23. The molecule has 2 N–H and O–H groups in total. The van der Waals surface area contributed by atoms with Crippen LogP contribution in [0.2, 0.25) is 5.02 Å². The van der Waals surface area contributed by atoms with Gasteiger partial charge in [0.05, 0.1) is 11.8 Å². The van der Waals surface area contributed by atoms with Gasteiger partial charge in [0, 0.05) is 16.3 Å². The molecule has 0 bridgehead atoms. The van der Waals surface area contributed by atoms with Gasteiger partial charge in [-0.05, 0) is 65.5 Å². The van der Waals surface area contributed by atoms with Gasteiger partial charge in [-0.15, -0.1) is 0 Å². The Kier molecular flexibility index (Phi) is 6.75. The number of anilines is 1. The van der Waals surface area contributed by atoms with Gasteiger partial charge in [-0.2, -0.15) is 5.10 Å². The first-order valence-electron chi connectivity index (χ1n) is 9.75. The van der Waals surface area contributed by atoms with Crippen LogP contribution in [0.3, 0.4) is 0 Å². The minimum absolute atomic E-state index is 0.340. The smallest absolute Gasteiger partial charge is 0.343 e.